The zero-order chi connectivity index (χ0) is 13.7. The Kier molecular flexibility index (Phi) is 5.60. The predicted molar refractivity (Wildman–Crippen MR) is 77.2 cm³/mol. The molecular formula is C14H28N4O. The molecule has 0 aromatic carbocycles. The van der Waals surface area contributed by atoms with Gasteiger partial charge in [0.2, 0.25) is 5.91 Å². The van der Waals surface area contributed by atoms with E-state index in [2.05, 4.69) is 29.2 Å². The molecule has 2 heterocycles. The molecule has 2 fully saturated rings. The van der Waals surface area contributed by atoms with E-state index in [1.54, 1.807) is 0 Å². The van der Waals surface area contributed by atoms with Gasteiger partial charge in [-0.3, -0.25) is 4.79 Å². The van der Waals surface area contributed by atoms with Crippen LogP contribution in [0.5, 0.6) is 0 Å². The first-order chi connectivity index (χ1) is 9.15. The van der Waals surface area contributed by atoms with Crippen molar-refractivity contribution in [1.29, 1.82) is 0 Å². The second kappa shape index (κ2) is 7.22. The van der Waals surface area contributed by atoms with E-state index in [-0.39, 0.29) is 0 Å². The molecule has 0 aliphatic carbocycles. The lowest BCUT2D eigenvalue weighted by Gasteiger charge is -2.28. The van der Waals surface area contributed by atoms with Crippen molar-refractivity contribution in [3.63, 3.8) is 0 Å². The summed E-state index contributed by atoms with van der Waals surface area (Å²) in [7, 11) is 4.33. The number of carbonyl (C=O) groups excluding carboxylic acids is 1. The molecule has 2 aliphatic heterocycles. The summed E-state index contributed by atoms with van der Waals surface area (Å²) >= 11 is 0. The van der Waals surface area contributed by atoms with Gasteiger partial charge in [-0.1, -0.05) is 0 Å². The molecule has 2 aliphatic rings. The maximum atomic E-state index is 12.1. The van der Waals surface area contributed by atoms with E-state index >= 15 is 0 Å². The lowest BCUT2D eigenvalue weighted by Crippen LogP contribution is -2.47. The molecule has 0 aromatic heterocycles. The summed E-state index contributed by atoms with van der Waals surface area (Å²) in [6, 6.07) is 0. The highest BCUT2D eigenvalue weighted by Gasteiger charge is 2.21. The van der Waals surface area contributed by atoms with Crippen LogP contribution < -0.4 is 5.32 Å². The summed E-state index contributed by atoms with van der Waals surface area (Å²) < 4.78 is 0. The number of nitrogens with one attached hydrogen (secondary N) is 1. The Morgan fingerprint density at radius 1 is 1.32 bits per heavy atom. The zero-order valence-corrected chi connectivity index (χ0v) is 12.4. The van der Waals surface area contributed by atoms with Crippen molar-refractivity contribution in [3.05, 3.63) is 0 Å². The first kappa shape index (κ1) is 14.8. The van der Waals surface area contributed by atoms with Crippen LogP contribution in [0.15, 0.2) is 0 Å². The lowest BCUT2D eigenvalue weighted by molar-refractivity contribution is -0.132. The van der Waals surface area contributed by atoms with Crippen molar-refractivity contribution in [2.24, 2.45) is 5.92 Å². The molecule has 1 unspecified atom stereocenters. The van der Waals surface area contributed by atoms with Gasteiger partial charge in [-0.05, 0) is 33.0 Å². The fourth-order valence-electron chi connectivity index (χ4n) is 3.07. The van der Waals surface area contributed by atoms with Crippen molar-refractivity contribution >= 4 is 5.91 Å². The van der Waals surface area contributed by atoms with Gasteiger partial charge in [0.05, 0.1) is 0 Å². The second-order valence-corrected chi connectivity index (χ2v) is 6.06. The third kappa shape index (κ3) is 4.75. The molecule has 1 N–H and O–H groups in total. The lowest BCUT2D eigenvalue weighted by atomic mass is 10.1. The predicted octanol–water partition coefficient (Wildman–Crippen LogP) is -0.308. The maximum Gasteiger partial charge on any atom is 0.223 e. The molecule has 19 heavy (non-hydrogen) atoms. The Hall–Kier alpha value is -0.650. The number of nitrogens with zero attached hydrogens (tertiary/aromatic N) is 3. The number of likely N-dealkylation sites (tertiary alicyclic amines) is 1. The summed E-state index contributed by atoms with van der Waals surface area (Å²) in [5, 5.41) is 3.28. The van der Waals surface area contributed by atoms with Gasteiger partial charge in [0, 0.05) is 52.2 Å². The molecule has 0 spiro atoms. The van der Waals surface area contributed by atoms with Crippen LogP contribution >= 0.6 is 0 Å². The van der Waals surface area contributed by atoms with Crippen LogP contribution in [-0.4, -0.2) is 87.1 Å². The quantitative estimate of drug-likeness (QED) is 0.742. The van der Waals surface area contributed by atoms with Gasteiger partial charge in [-0.25, -0.2) is 0 Å². The van der Waals surface area contributed by atoms with Crippen molar-refractivity contribution in [1.82, 2.24) is 20.0 Å². The molecule has 0 bridgehead atoms. The molecule has 2 rings (SSSR count). The van der Waals surface area contributed by atoms with Gasteiger partial charge in [0.15, 0.2) is 0 Å². The SMILES string of the molecule is CN(CCC(=O)N1CCNCC1)CC1CCN(C)C1. The zero-order valence-electron chi connectivity index (χ0n) is 12.4. The van der Waals surface area contributed by atoms with Crippen LogP contribution in [0.1, 0.15) is 12.8 Å². The van der Waals surface area contributed by atoms with Gasteiger partial charge in [-0.2, -0.15) is 0 Å². The van der Waals surface area contributed by atoms with Crippen LogP contribution in [0.25, 0.3) is 0 Å². The Labute approximate surface area is 116 Å². The van der Waals surface area contributed by atoms with E-state index in [1.165, 1.54) is 19.5 Å². The molecule has 5 nitrogen and oxygen atoms in total. The highest BCUT2D eigenvalue weighted by molar-refractivity contribution is 5.76. The summed E-state index contributed by atoms with van der Waals surface area (Å²) in [5.74, 6) is 1.10. The third-order valence-electron chi connectivity index (χ3n) is 4.24. The number of rotatable bonds is 5. The van der Waals surface area contributed by atoms with Crippen molar-refractivity contribution in [3.8, 4) is 0 Å². The number of amides is 1. The fourth-order valence-corrected chi connectivity index (χ4v) is 3.07. The third-order valence-corrected chi connectivity index (χ3v) is 4.24. The first-order valence-corrected chi connectivity index (χ1v) is 7.50. The summed E-state index contributed by atoms with van der Waals surface area (Å²) in [4.78, 5) is 18.8. The monoisotopic (exact) mass is 268 g/mol. The van der Waals surface area contributed by atoms with Crippen LogP contribution in [0.3, 0.4) is 0 Å². The number of hydrogen-bond donors (Lipinski definition) is 1. The Morgan fingerprint density at radius 2 is 2.05 bits per heavy atom. The minimum absolute atomic E-state index is 0.317. The van der Waals surface area contributed by atoms with E-state index in [4.69, 9.17) is 0 Å². The highest BCUT2D eigenvalue weighted by Crippen LogP contribution is 2.15. The average molecular weight is 268 g/mol. The Bertz CT molecular complexity index is 291. The van der Waals surface area contributed by atoms with Crippen molar-refractivity contribution in [2.45, 2.75) is 12.8 Å². The summed E-state index contributed by atoms with van der Waals surface area (Å²) in [6.07, 6.45) is 1.96. The molecule has 0 radical (unpaired) electrons. The summed E-state index contributed by atoms with van der Waals surface area (Å²) in [6.45, 7) is 8.06. The number of hydrogen-bond acceptors (Lipinski definition) is 4. The molecule has 0 saturated carbocycles. The maximum absolute atomic E-state index is 12.1. The van der Waals surface area contributed by atoms with Crippen LogP contribution in [0.4, 0.5) is 0 Å². The standard InChI is InChI=1S/C14H28N4O/c1-16-7-3-13(11-16)12-17(2)8-4-14(19)18-9-5-15-6-10-18/h13,15H,3-12H2,1-2H3. The van der Waals surface area contributed by atoms with Gasteiger partial charge in [-0.15, -0.1) is 0 Å². The van der Waals surface area contributed by atoms with Crippen molar-refractivity contribution < 1.29 is 4.79 Å². The Balaban J connectivity index is 1.62. The van der Waals surface area contributed by atoms with E-state index in [0.717, 1.165) is 45.2 Å². The van der Waals surface area contributed by atoms with Crippen LogP contribution in [0.2, 0.25) is 0 Å². The van der Waals surface area contributed by atoms with Crippen LogP contribution in [-0.2, 0) is 4.79 Å². The molecule has 1 atom stereocenters. The van der Waals surface area contributed by atoms with Gasteiger partial charge < -0.3 is 20.0 Å². The van der Waals surface area contributed by atoms with Crippen molar-refractivity contribution in [2.75, 3.05) is 66.5 Å². The second-order valence-electron chi connectivity index (χ2n) is 6.06. The van der Waals surface area contributed by atoms with Gasteiger partial charge in [0.25, 0.3) is 0 Å². The molecule has 0 aromatic rings. The first-order valence-electron chi connectivity index (χ1n) is 7.50. The van der Waals surface area contributed by atoms with Crippen LogP contribution in [0, 0.1) is 5.92 Å². The Morgan fingerprint density at radius 3 is 2.68 bits per heavy atom. The molecule has 110 valence electrons. The van der Waals surface area contributed by atoms with Gasteiger partial charge >= 0.3 is 0 Å². The molecule has 5 heteroatoms. The smallest absolute Gasteiger partial charge is 0.223 e. The van der Waals surface area contributed by atoms with E-state index in [1.807, 2.05) is 4.90 Å². The number of carbonyl (C=O) groups is 1. The van der Waals surface area contributed by atoms with Gasteiger partial charge in [0.1, 0.15) is 0 Å². The highest BCUT2D eigenvalue weighted by atomic mass is 16.2. The largest absolute Gasteiger partial charge is 0.340 e. The molecule has 1 amide bonds. The minimum atomic E-state index is 0.317. The minimum Gasteiger partial charge on any atom is -0.340 e. The van der Waals surface area contributed by atoms with E-state index < -0.39 is 0 Å². The molecular weight excluding hydrogens is 240 g/mol. The van der Waals surface area contributed by atoms with E-state index in [9.17, 15) is 4.79 Å². The topological polar surface area (TPSA) is 38.8 Å². The normalized spacial score (nSPS) is 25.2. The van der Waals surface area contributed by atoms with E-state index in [0.29, 0.717) is 12.3 Å². The molecule has 2 saturated heterocycles. The fraction of sp³-hybridized carbons (Fsp3) is 0.929. The number of piperazine rings is 1. The average Bonchev–Trinajstić information content (AvgIpc) is 2.82. The summed E-state index contributed by atoms with van der Waals surface area (Å²) in [5.41, 5.74) is 0.